The molecule has 1 saturated heterocycles. The molecule has 5 aromatic rings. The number of anilines is 1. The van der Waals surface area contributed by atoms with Gasteiger partial charge in [0.2, 0.25) is 0 Å². The standard InChI is InChI=1S/C26H23ClN6/c27-20-8-9-23-24(16-20)28-11-10-25(23)32-14-12-31(13-15-32)17-21-18-33(30-29-21)26-7-3-5-19-4-1-2-6-22(19)26/h1-11,16,18H,12-15,17H2. The number of hydrogen-bond donors (Lipinski definition) is 0. The third kappa shape index (κ3) is 3.92. The van der Waals surface area contributed by atoms with Crippen LogP contribution in [-0.4, -0.2) is 51.1 Å². The summed E-state index contributed by atoms with van der Waals surface area (Å²) in [4.78, 5) is 9.35. The first-order valence-electron chi connectivity index (χ1n) is 11.2. The average molecular weight is 455 g/mol. The van der Waals surface area contributed by atoms with E-state index in [9.17, 15) is 0 Å². The van der Waals surface area contributed by atoms with Gasteiger partial charge in [0.15, 0.2) is 0 Å². The Morgan fingerprint density at radius 1 is 0.818 bits per heavy atom. The second-order valence-corrected chi connectivity index (χ2v) is 8.84. The van der Waals surface area contributed by atoms with Crippen molar-refractivity contribution in [2.75, 3.05) is 31.1 Å². The van der Waals surface area contributed by atoms with Gasteiger partial charge in [-0.15, -0.1) is 5.10 Å². The normalized spacial score (nSPS) is 14.9. The van der Waals surface area contributed by atoms with Gasteiger partial charge < -0.3 is 4.90 Å². The molecule has 33 heavy (non-hydrogen) atoms. The SMILES string of the molecule is Clc1ccc2c(N3CCN(Cc4cn(-c5cccc6ccccc56)nn4)CC3)ccnc2c1. The van der Waals surface area contributed by atoms with Crippen molar-refractivity contribution in [1.82, 2.24) is 24.9 Å². The fourth-order valence-corrected chi connectivity index (χ4v) is 4.82. The van der Waals surface area contributed by atoms with Crippen LogP contribution in [0.5, 0.6) is 0 Å². The number of halogens is 1. The highest BCUT2D eigenvalue weighted by atomic mass is 35.5. The van der Waals surface area contributed by atoms with Crippen molar-refractivity contribution in [1.29, 1.82) is 0 Å². The summed E-state index contributed by atoms with van der Waals surface area (Å²) in [5, 5.41) is 13.1. The first-order valence-corrected chi connectivity index (χ1v) is 11.5. The van der Waals surface area contributed by atoms with E-state index in [-0.39, 0.29) is 0 Å². The molecule has 0 aliphatic carbocycles. The fraction of sp³-hybridized carbons (Fsp3) is 0.192. The molecule has 6 rings (SSSR count). The van der Waals surface area contributed by atoms with Gasteiger partial charge in [0.05, 0.1) is 23.1 Å². The summed E-state index contributed by atoms with van der Waals surface area (Å²) in [6, 6.07) is 22.7. The zero-order valence-electron chi connectivity index (χ0n) is 18.1. The Morgan fingerprint density at radius 2 is 1.67 bits per heavy atom. The van der Waals surface area contributed by atoms with Crippen LogP contribution >= 0.6 is 11.6 Å². The highest BCUT2D eigenvalue weighted by Crippen LogP contribution is 2.28. The summed E-state index contributed by atoms with van der Waals surface area (Å²) in [6.07, 6.45) is 3.92. The highest BCUT2D eigenvalue weighted by molar-refractivity contribution is 6.31. The van der Waals surface area contributed by atoms with Gasteiger partial charge in [-0.1, -0.05) is 53.2 Å². The second kappa shape index (κ2) is 8.46. The quantitative estimate of drug-likeness (QED) is 0.385. The number of aromatic nitrogens is 4. The van der Waals surface area contributed by atoms with Crippen LogP contribution in [0.15, 0.2) is 79.1 Å². The molecule has 0 atom stereocenters. The molecule has 0 saturated carbocycles. The Labute approximate surface area is 197 Å². The lowest BCUT2D eigenvalue weighted by molar-refractivity contribution is 0.247. The summed E-state index contributed by atoms with van der Waals surface area (Å²) >= 11 is 6.15. The zero-order valence-corrected chi connectivity index (χ0v) is 18.9. The summed E-state index contributed by atoms with van der Waals surface area (Å²) in [7, 11) is 0. The third-order valence-electron chi connectivity index (χ3n) is 6.33. The third-order valence-corrected chi connectivity index (χ3v) is 6.57. The van der Waals surface area contributed by atoms with Gasteiger partial charge in [0, 0.05) is 60.4 Å². The molecule has 0 unspecified atom stereocenters. The van der Waals surface area contributed by atoms with Crippen molar-refractivity contribution in [3.05, 3.63) is 89.8 Å². The van der Waals surface area contributed by atoms with Crippen molar-refractivity contribution in [3.8, 4) is 5.69 Å². The highest BCUT2D eigenvalue weighted by Gasteiger charge is 2.20. The molecule has 6 nitrogen and oxygen atoms in total. The van der Waals surface area contributed by atoms with Gasteiger partial charge in [0.25, 0.3) is 0 Å². The molecule has 0 radical (unpaired) electrons. The maximum absolute atomic E-state index is 6.15. The molecule has 0 amide bonds. The van der Waals surface area contributed by atoms with Crippen molar-refractivity contribution in [3.63, 3.8) is 0 Å². The van der Waals surface area contributed by atoms with Gasteiger partial charge in [-0.05, 0) is 35.7 Å². The van der Waals surface area contributed by atoms with E-state index in [4.69, 9.17) is 11.6 Å². The molecule has 0 N–H and O–H groups in total. The van der Waals surface area contributed by atoms with Crippen molar-refractivity contribution >= 4 is 39.0 Å². The van der Waals surface area contributed by atoms with Crippen LogP contribution < -0.4 is 4.90 Å². The van der Waals surface area contributed by atoms with Crippen LogP contribution in [0, 0.1) is 0 Å². The maximum atomic E-state index is 6.15. The smallest absolute Gasteiger partial charge is 0.0971 e. The Kier molecular flexibility index (Phi) is 5.17. The monoisotopic (exact) mass is 454 g/mol. The summed E-state index contributed by atoms with van der Waals surface area (Å²) < 4.78 is 1.89. The molecule has 0 spiro atoms. The number of rotatable bonds is 4. The lowest BCUT2D eigenvalue weighted by Crippen LogP contribution is -2.46. The first kappa shape index (κ1) is 20.1. The molecule has 3 heterocycles. The van der Waals surface area contributed by atoms with E-state index in [1.807, 2.05) is 29.2 Å². The topological polar surface area (TPSA) is 50.1 Å². The minimum atomic E-state index is 0.716. The van der Waals surface area contributed by atoms with Gasteiger partial charge in [-0.2, -0.15) is 0 Å². The number of piperazine rings is 1. The second-order valence-electron chi connectivity index (χ2n) is 8.41. The van der Waals surface area contributed by atoms with E-state index >= 15 is 0 Å². The van der Waals surface area contributed by atoms with E-state index in [0.29, 0.717) is 5.02 Å². The van der Waals surface area contributed by atoms with Gasteiger partial charge >= 0.3 is 0 Å². The molecule has 164 valence electrons. The largest absolute Gasteiger partial charge is 0.368 e. The molecule has 0 bridgehead atoms. The van der Waals surface area contributed by atoms with Gasteiger partial charge in [0.1, 0.15) is 0 Å². The van der Waals surface area contributed by atoms with E-state index in [1.54, 1.807) is 0 Å². The Balaban J connectivity index is 1.15. The minimum absolute atomic E-state index is 0.716. The predicted molar refractivity (Wildman–Crippen MR) is 133 cm³/mol. The molecular formula is C26H23ClN6. The maximum Gasteiger partial charge on any atom is 0.0971 e. The Hall–Kier alpha value is -3.48. The molecule has 3 aromatic carbocycles. The van der Waals surface area contributed by atoms with Crippen LogP contribution in [0.4, 0.5) is 5.69 Å². The number of benzene rings is 3. The molecular weight excluding hydrogens is 432 g/mol. The number of nitrogens with zero attached hydrogens (tertiary/aromatic N) is 6. The summed E-state index contributed by atoms with van der Waals surface area (Å²) in [6.45, 7) is 4.65. The fourth-order valence-electron chi connectivity index (χ4n) is 4.65. The van der Waals surface area contributed by atoms with Crippen LogP contribution in [0.1, 0.15) is 5.69 Å². The molecule has 2 aromatic heterocycles. The number of pyridine rings is 1. The number of fused-ring (bicyclic) bond motifs is 2. The summed E-state index contributed by atoms with van der Waals surface area (Å²) in [5.41, 5.74) is 4.20. The van der Waals surface area contributed by atoms with Crippen molar-refractivity contribution in [2.24, 2.45) is 0 Å². The van der Waals surface area contributed by atoms with Crippen molar-refractivity contribution in [2.45, 2.75) is 6.54 Å². The lowest BCUT2D eigenvalue weighted by Gasteiger charge is -2.36. The van der Waals surface area contributed by atoms with Crippen molar-refractivity contribution < 1.29 is 0 Å². The number of hydrogen-bond acceptors (Lipinski definition) is 5. The molecule has 1 fully saturated rings. The first-order chi connectivity index (χ1) is 16.2. The van der Waals surface area contributed by atoms with E-state index < -0.39 is 0 Å². The molecule has 1 aliphatic rings. The molecule has 7 heteroatoms. The predicted octanol–water partition coefficient (Wildman–Crippen LogP) is 4.94. The van der Waals surface area contributed by atoms with E-state index in [0.717, 1.165) is 55.0 Å². The summed E-state index contributed by atoms with van der Waals surface area (Å²) in [5.74, 6) is 0. The average Bonchev–Trinajstić information content (AvgIpc) is 3.32. The Morgan fingerprint density at radius 3 is 2.58 bits per heavy atom. The van der Waals surface area contributed by atoms with Gasteiger partial charge in [-0.25, -0.2) is 4.68 Å². The van der Waals surface area contributed by atoms with Gasteiger partial charge in [-0.3, -0.25) is 9.88 Å². The molecule has 1 aliphatic heterocycles. The zero-order chi connectivity index (χ0) is 22.2. The van der Waals surface area contributed by atoms with Crippen LogP contribution in [-0.2, 0) is 6.54 Å². The van der Waals surface area contributed by atoms with Crippen LogP contribution in [0.3, 0.4) is 0 Å². The van der Waals surface area contributed by atoms with Crippen LogP contribution in [0.25, 0.3) is 27.4 Å². The lowest BCUT2D eigenvalue weighted by atomic mass is 10.1. The Bertz CT molecular complexity index is 1430. The van der Waals surface area contributed by atoms with E-state index in [1.165, 1.54) is 16.5 Å². The van der Waals surface area contributed by atoms with E-state index in [2.05, 4.69) is 79.7 Å². The van der Waals surface area contributed by atoms with Crippen LogP contribution in [0.2, 0.25) is 5.02 Å². The minimum Gasteiger partial charge on any atom is -0.368 e.